The molecular weight excluding hydrogens is 296 g/mol. The summed E-state index contributed by atoms with van der Waals surface area (Å²) >= 11 is 1.66. The lowest BCUT2D eigenvalue weighted by atomic mass is 10.2. The third kappa shape index (κ3) is 2.02. The number of hydrogen-bond donors (Lipinski definition) is 0. The van der Waals surface area contributed by atoms with Crippen molar-refractivity contribution in [3.63, 3.8) is 0 Å². The maximum Gasteiger partial charge on any atom is 0.195 e. The molecule has 0 saturated heterocycles. The first-order chi connectivity index (χ1) is 10.8. The molecule has 2 aromatic heterocycles. The van der Waals surface area contributed by atoms with Gasteiger partial charge in [-0.1, -0.05) is 11.3 Å². The number of methoxy groups -OCH3 is 2. The second kappa shape index (κ2) is 5.03. The van der Waals surface area contributed by atoms with Gasteiger partial charge in [0.25, 0.3) is 0 Å². The van der Waals surface area contributed by atoms with Crippen LogP contribution in [0.1, 0.15) is 0 Å². The molecule has 0 spiro atoms. The molecule has 0 unspecified atom stereocenters. The molecule has 4 aromatic rings. The predicted molar refractivity (Wildman–Crippen MR) is 89.1 cm³/mol. The molecular formula is C17H14N2O2S. The summed E-state index contributed by atoms with van der Waals surface area (Å²) in [6, 6.07) is 14.0. The van der Waals surface area contributed by atoms with E-state index in [2.05, 4.69) is 16.7 Å². The topological polar surface area (TPSA) is 35.8 Å². The zero-order chi connectivity index (χ0) is 15.1. The summed E-state index contributed by atoms with van der Waals surface area (Å²) in [5, 5.41) is 0. The number of rotatable bonds is 3. The molecule has 0 bridgehead atoms. The Morgan fingerprint density at radius 2 is 1.68 bits per heavy atom. The van der Waals surface area contributed by atoms with E-state index in [0.717, 1.165) is 33.2 Å². The summed E-state index contributed by atoms with van der Waals surface area (Å²) < 4.78 is 13.8. The van der Waals surface area contributed by atoms with Gasteiger partial charge in [0, 0.05) is 11.8 Å². The molecule has 22 heavy (non-hydrogen) atoms. The Morgan fingerprint density at radius 3 is 2.41 bits per heavy atom. The third-order valence-electron chi connectivity index (χ3n) is 3.69. The van der Waals surface area contributed by atoms with E-state index in [1.165, 1.54) is 4.70 Å². The molecule has 0 amide bonds. The average Bonchev–Trinajstić information content (AvgIpc) is 3.11. The van der Waals surface area contributed by atoms with Crippen molar-refractivity contribution in [1.29, 1.82) is 0 Å². The monoisotopic (exact) mass is 310 g/mol. The second-order valence-corrected chi connectivity index (χ2v) is 5.95. The van der Waals surface area contributed by atoms with Crippen LogP contribution in [0, 0.1) is 0 Å². The highest BCUT2D eigenvalue weighted by Gasteiger charge is 2.11. The van der Waals surface area contributed by atoms with E-state index in [9.17, 15) is 0 Å². The Balaban J connectivity index is 1.83. The highest BCUT2D eigenvalue weighted by atomic mass is 32.1. The van der Waals surface area contributed by atoms with Gasteiger partial charge >= 0.3 is 0 Å². The maximum absolute atomic E-state index is 5.27. The van der Waals surface area contributed by atoms with Crippen LogP contribution in [0.25, 0.3) is 26.4 Å². The molecule has 2 aromatic carbocycles. The van der Waals surface area contributed by atoms with Crippen LogP contribution in [-0.4, -0.2) is 23.6 Å². The largest absolute Gasteiger partial charge is 0.497 e. The number of imidazole rings is 1. The van der Waals surface area contributed by atoms with Gasteiger partial charge < -0.3 is 9.47 Å². The Kier molecular flexibility index (Phi) is 3.01. The van der Waals surface area contributed by atoms with Crippen molar-refractivity contribution in [2.45, 2.75) is 0 Å². The number of aromatic nitrogens is 2. The smallest absolute Gasteiger partial charge is 0.195 e. The Morgan fingerprint density at radius 1 is 0.955 bits per heavy atom. The van der Waals surface area contributed by atoms with Crippen molar-refractivity contribution < 1.29 is 9.47 Å². The molecule has 0 saturated carbocycles. The number of hydrogen-bond acceptors (Lipinski definition) is 4. The van der Waals surface area contributed by atoms with E-state index >= 15 is 0 Å². The van der Waals surface area contributed by atoms with Gasteiger partial charge in [-0.25, -0.2) is 4.98 Å². The lowest BCUT2D eigenvalue weighted by Crippen LogP contribution is -1.83. The van der Waals surface area contributed by atoms with E-state index in [1.807, 2.05) is 36.4 Å². The Labute approximate surface area is 131 Å². The summed E-state index contributed by atoms with van der Waals surface area (Å²) in [6.45, 7) is 0. The van der Waals surface area contributed by atoms with Crippen molar-refractivity contribution in [1.82, 2.24) is 9.38 Å². The lowest BCUT2D eigenvalue weighted by molar-refractivity contribution is 0.415. The summed E-state index contributed by atoms with van der Waals surface area (Å²) in [5.74, 6) is 1.72. The molecule has 0 fully saturated rings. The summed E-state index contributed by atoms with van der Waals surface area (Å²) in [7, 11) is 3.35. The van der Waals surface area contributed by atoms with E-state index in [4.69, 9.17) is 14.5 Å². The first-order valence-electron chi connectivity index (χ1n) is 6.88. The van der Waals surface area contributed by atoms with Gasteiger partial charge in [0.05, 0.1) is 30.1 Å². The SMILES string of the molecule is COc1ccc(-c2cn3c(n2)sc2cc(OC)ccc23)cc1. The second-order valence-electron chi connectivity index (χ2n) is 4.94. The molecule has 4 rings (SSSR count). The van der Waals surface area contributed by atoms with Crippen LogP contribution in [0.15, 0.2) is 48.7 Å². The van der Waals surface area contributed by atoms with Gasteiger partial charge in [-0.2, -0.15) is 0 Å². The van der Waals surface area contributed by atoms with Crippen molar-refractivity contribution in [3.8, 4) is 22.8 Å². The van der Waals surface area contributed by atoms with Crippen LogP contribution in [-0.2, 0) is 0 Å². The molecule has 0 aliphatic carbocycles. The first-order valence-corrected chi connectivity index (χ1v) is 7.70. The average molecular weight is 310 g/mol. The van der Waals surface area contributed by atoms with Crippen LogP contribution >= 0.6 is 11.3 Å². The van der Waals surface area contributed by atoms with Crippen molar-refractivity contribution in [3.05, 3.63) is 48.7 Å². The minimum Gasteiger partial charge on any atom is -0.497 e. The first kappa shape index (κ1) is 13.2. The van der Waals surface area contributed by atoms with E-state index in [0.29, 0.717) is 0 Å². The van der Waals surface area contributed by atoms with Crippen LogP contribution in [0.5, 0.6) is 11.5 Å². The summed E-state index contributed by atoms with van der Waals surface area (Å²) in [6.07, 6.45) is 2.07. The molecule has 0 atom stereocenters. The molecule has 5 heteroatoms. The van der Waals surface area contributed by atoms with E-state index in [1.54, 1.807) is 25.6 Å². The van der Waals surface area contributed by atoms with Crippen LogP contribution in [0.3, 0.4) is 0 Å². The van der Waals surface area contributed by atoms with Gasteiger partial charge in [0.1, 0.15) is 11.5 Å². The molecule has 110 valence electrons. The highest BCUT2D eigenvalue weighted by Crippen LogP contribution is 2.32. The quantitative estimate of drug-likeness (QED) is 0.568. The normalized spacial score (nSPS) is 11.2. The maximum atomic E-state index is 5.27. The van der Waals surface area contributed by atoms with Crippen LogP contribution in [0.2, 0.25) is 0 Å². The number of benzene rings is 2. The minimum atomic E-state index is 0.849. The van der Waals surface area contributed by atoms with Gasteiger partial charge in [0.15, 0.2) is 4.96 Å². The fraction of sp³-hybridized carbons (Fsp3) is 0.118. The number of thiazole rings is 1. The summed E-state index contributed by atoms with van der Waals surface area (Å²) in [5.41, 5.74) is 3.19. The van der Waals surface area contributed by atoms with Gasteiger partial charge in [-0.15, -0.1) is 0 Å². The fourth-order valence-electron chi connectivity index (χ4n) is 2.51. The van der Waals surface area contributed by atoms with Crippen LogP contribution < -0.4 is 9.47 Å². The van der Waals surface area contributed by atoms with Gasteiger partial charge in [-0.3, -0.25) is 4.40 Å². The molecule has 0 aliphatic rings. The molecule has 0 aliphatic heterocycles. The third-order valence-corrected chi connectivity index (χ3v) is 4.70. The lowest BCUT2D eigenvalue weighted by Gasteiger charge is -2.00. The van der Waals surface area contributed by atoms with Gasteiger partial charge in [-0.05, 0) is 42.5 Å². The molecule has 0 N–H and O–H groups in total. The minimum absolute atomic E-state index is 0.849. The Bertz CT molecular complexity index is 954. The zero-order valence-electron chi connectivity index (χ0n) is 12.2. The van der Waals surface area contributed by atoms with Crippen molar-refractivity contribution >= 4 is 26.5 Å². The highest BCUT2D eigenvalue weighted by molar-refractivity contribution is 7.23. The van der Waals surface area contributed by atoms with Crippen molar-refractivity contribution in [2.75, 3.05) is 14.2 Å². The van der Waals surface area contributed by atoms with Crippen LogP contribution in [0.4, 0.5) is 0 Å². The summed E-state index contributed by atoms with van der Waals surface area (Å²) in [4.78, 5) is 5.71. The molecule has 0 radical (unpaired) electrons. The standard InChI is InChI=1S/C17H14N2O2S/c1-20-12-5-3-11(4-6-12)14-10-19-15-8-7-13(21-2)9-16(15)22-17(19)18-14/h3-10H,1-2H3. The Hall–Kier alpha value is -2.53. The van der Waals surface area contributed by atoms with E-state index < -0.39 is 0 Å². The number of ether oxygens (including phenoxy) is 2. The van der Waals surface area contributed by atoms with Crippen molar-refractivity contribution in [2.24, 2.45) is 0 Å². The molecule has 4 nitrogen and oxygen atoms in total. The molecule has 2 heterocycles. The zero-order valence-corrected chi connectivity index (χ0v) is 13.1. The fourth-order valence-corrected chi connectivity index (χ4v) is 3.55. The number of fused-ring (bicyclic) bond motifs is 3. The number of nitrogens with zero attached hydrogens (tertiary/aromatic N) is 2. The predicted octanol–water partition coefficient (Wildman–Crippen LogP) is 4.23. The van der Waals surface area contributed by atoms with Gasteiger partial charge in [0.2, 0.25) is 0 Å². The van der Waals surface area contributed by atoms with E-state index in [-0.39, 0.29) is 0 Å².